The summed E-state index contributed by atoms with van der Waals surface area (Å²) in [5, 5.41) is 11.5. The molecule has 8 nitrogen and oxygen atoms in total. The quantitative estimate of drug-likeness (QED) is 0.403. The van der Waals surface area contributed by atoms with Crippen molar-refractivity contribution in [3.63, 3.8) is 0 Å². The number of hydrogen-bond donors (Lipinski definition) is 2. The highest BCUT2D eigenvalue weighted by atomic mass is 19.1. The van der Waals surface area contributed by atoms with Crippen LogP contribution < -0.4 is 10.1 Å². The molecule has 10 heteroatoms. The van der Waals surface area contributed by atoms with Crippen LogP contribution in [0.2, 0.25) is 0 Å². The fourth-order valence-electron chi connectivity index (χ4n) is 5.27. The summed E-state index contributed by atoms with van der Waals surface area (Å²) in [5.74, 6) is -0.596. The number of piperidine rings is 1. The van der Waals surface area contributed by atoms with Crippen molar-refractivity contribution in [3.8, 4) is 17.1 Å². The summed E-state index contributed by atoms with van der Waals surface area (Å²) in [5.41, 5.74) is 4.68. The molecule has 4 aromatic rings. The first-order valence-corrected chi connectivity index (χ1v) is 12.2. The number of amides is 2. The van der Waals surface area contributed by atoms with Gasteiger partial charge in [0.2, 0.25) is 5.88 Å². The van der Waals surface area contributed by atoms with Crippen molar-refractivity contribution in [3.05, 3.63) is 71.4 Å². The van der Waals surface area contributed by atoms with E-state index in [1.165, 1.54) is 12.1 Å². The average molecular weight is 505 g/mol. The Morgan fingerprint density at radius 3 is 2.84 bits per heavy atom. The molecular formula is C27H26F2N6O2. The van der Waals surface area contributed by atoms with Crippen molar-refractivity contribution in [1.29, 1.82) is 0 Å². The molecule has 2 aliphatic heterocycles. The predicted molar refractivity (Wildman–Crippen MR) is 135 cm³/mol. The first kappa shape index (κ1) is 23.4. The standard InChI is InChI=1S/C27H26F2N6O2/c1-37-25-7-5-16(12-30-25)26-21-9-18-14-35(27(36)31-23(18)11-24(21)32-33-26)20-3-2-8-34(15-20)13-17-4-6-19(28)10-22(17)29/h4-7,9-12,20H,2-3,8,13-15H2,1H3,(H,31,36)(H,32,33). The van der Waals surface area contributed by atoms with Gasteiger partial charge in [-0.05, 0) is 49.2 Å². The van der Waals surface area contributed by atoms with Crippen LogP contribution in [0.5, 0.6) is 5.88 Å². The topological polar surface area (TPSA) is 86.4 Å². The van der Waals surface area contributed by atoms with Crippen molar-refractivity contribution in [2.24, 2.45) is 0 Å². The number of benzene rings is 2. The molecule has 1 saturated heterocycles. The van der Waals surface area contributed by atoms with Gasteiger partial charge in [-0.3, -0.25) is 10.00 Å². The molecule has 1 fully saturated rings. The van der Waals surface area contributed by atoms with E-state index in [0.29, 0.717) is 31.1 Å². The second-order valence-corrected chi connectivity index (χ2v) is 9.54. The maximum absolute atomic E-state index is 14.2. The predicted octanol–water partition coefficient (Wildman–Crippen LogP) is 4.92. The number of aromatic nitrogens is 3. The van der Waals surface area contributed by atoms with Crippen molar-refractivity contribution < 1.29 is 18.3 Å². The second kappa shape index (κ2) is 9.44. The van der Waals surface area contributed by atoms with Gasteiger partial charge < -0.3 is 15.0 Å². The third-order valence-electron chi connectivity index (χ3n) is 7.18. The number of hydrogen-bond acceptors (Lipinski definition) is 5. The van der Waals surface area contributed by atoms with Gasteiger partial charge in [0.15, 0.2) is 0 Å². The number of fused-ring (bicyclic) bond motifs is 2. The van der Waals surface area contributed by atoms with E-state index >= 15 is 0 Å². The highest BCUT2D eigenvalue weighted by Crippen LogP contribution is 2.34. The van der Waals surface area contributed by atoms with E-state index in [2.05, 4.69) is 31.5 Å². The minimum Gasteiger partial charge on any atom is -0.481 e. The molecule has 2 aliphatic rings. The first-order chi connectivity index (χ1) is 18.0. The van der Waals surface area contributed by atoms with Crippen LogP contribution in [0.25, 0.3) is 22.2 Å². The van der Waals surface area contributed by atoms with E-state index in [9.17, 15) is 13.6 Å². The summed E-state index contributed by atoms with van der Waals surface area (Å²) in [6.45, 7) is 2.26. The molecule has 1 unspecified atom stereocenters. The van der Waals surface area contributed by atoms with Gasteiger partial charge in [0.05, 0.1) is 12.6 Å². The summed E-state index contributed by atoms with van der Waals surface area (Å²) < 4.78 is 32.7. The highest BCUT2D eigenvalue weighted by molar-refractivity contribution is 6.00. The molecule has 6 rings (SSSR count). The molecule has 37 heavy (non-hydrogen) atoms. The Hall–Kier alpha value is -4.05. The van der Waals surface area contributed by atoms with Crippen LogP contribution in [0.1, 0.15) is 24.0 Å². The SMILES string of the molecule is COc1ccc(-c2n[nH]c3cc4c(cc23)CN(C2CCCN(Cc3ccc(F)cc3F)C2)C(=O)N4)cn1. The second-order valence-electron chi connectivity index (χ2n) is 9.54. The average Bonchev–Trinajstić information content (AvgIpc) is 3.31. The van der Waals surface area contributed by atoms with E-state index in [1.807, 2.05) is 17.0 Å². The lowest BCUT2D eigenvalue weighted by atomic mass is 9.99. The zero-order chi connectivity index (χ0) is 25.5. The molecule has 1 atom stereocenters. The van der Waals surface area contributed by atoms with E-state index in [1.54, 1.807) is 19.4 Å². The lowest BCUT2D eigenvalue weighted by Crippen LogP contribution is -2.52. The lowest BCUT2D eigenvalue weighted by molar-refractivity contribution is 0.107. The van der Waals surface area contributed by atoms with Crippen LogP contribution in [0.15, 0.2) is 48.7 Å². The number of likely N-dealkylation sites (tertiary alicyclic amines) is 1. The zero-order valence-electron chi connectivity index (χ0n) is 20.3. The zero-order valence-corrected chi connectivity index (χ0v) is 20.3. The molecule has 0 bridgehead atoms. The third kappa shape index (κ3) is 4.48. The number of carbonyl (C=O) groups is 1. The van der Waals surface area contributed by atoms with Crippen LogP contribution in [-0.4, -0.2) is 57.3 Å². The Labute approximate surface area is 212 Å². The number of anilines is 1. The smallest absolute Gasteiger partial charge is 0.322 e. The molecule has 2 amide bonds. The van der Waals surface area contributed by atoms with Gasteiger partial charge >= 0.3 is 6.03 Å². The van der Waals surface area contributed by atoms with Gasteiger partial charge in [-0.15, -0.1) is 0 Å². The molecule has 2 aromatic heterocycles. The molecule has 4 heterocycles. The number of urea groups is 1. The normalized spacial score (nSPS) is 18.1. The van der Waals surface area contributed by atoms with E-state index < -0.39 is 11.6 Å². The molecule has 0 radical (unpaired) electrons. The molecule has 190 valence electrons. The number of nitrogens with one attached hydrogen (secondary N) is 2. The fraction of sp³-hybridized carbons (Fsp3) is 0.296. The van der Waals surface area contributed by atoms with Crippen molar-refractivity contribution >= 4 is 22.6 Å². The van der Waals surface area contributed by atoms with E-state index in [4.69, 9.17) is 4.74 Å². The van der Waals surface area contributed by atoms with Gasteiger partial charge in [0.1, 0.15) is 17.3 Å². The number of aromatic amines is 1. The molecule has 2 N–H and O–H groups in total. The summed E-state index contributed by atoms with van der Waals surface area (Å²) in [6.07, 6.45) is 3.48. The lowest BCUT2D eigenvalue weighted by Gasteiger charge is -2.41. The largest absolute Gasteiger partial charge is 0.481 e. The van der Waals surface area contributed by atoms with Crippen LogP contribution in [0, 0.1) is 11.6 Å². The van der Waals surface area contributed by atoms with Gasteiger partial charge in [-0.2, -0.15) is 5.10 Å². The summed E-state index contributed by atoms with van der Waals surface area (Å²) in [6, 6.07) is 11.2. The minimum absolute atomic E-state index is 0.0179. The van der Waals surface area contributed by atoms with Crippen LogP contribution in [0.3, 0.4) is 0 Å². The maximum Gasteiger partial charge on any atom is 0.322 e. The number of methoxy groups -OCH3 is 1. The molecule has 0 aliphatic carbocycles. The van der Waals surface area contributed by atoms with Crippen LogP contribution in [0.4, 0.5) is 19.3 Å². The summed E-state index contributed by atoms with van der Waals surface area (Å²) >= 11 is 0. The number of H-pyrrole nitrogens is 1. The molecular weight excluding hydrogens is 478 g/mol. The van der Waals surface area contributed by atoms with Crippen LogP contribution in [-0.2, 0) is 13.1 Å². The fourth-order valence-corrected chi connectivity index (χ4v) is 5.27. The first-order valence-electron chi connectivity index (χ1n) is 12.2. The highest BCUT2D eigenvalue weighted by Gasteiger charge is 2.33. The van der Waals surface area contributed by atoms with E-state index in [-0.39, 0.29) is 12.1 Å². The van der Waals surface area contributed by atoms with Crippen molar-refractivity contribution in [2.45, 2.75) is 32.0 Å². The number of pyridine rings is 1. The third-order valence-corrected chi connectivity index (χ3v) is 7.18. The molecule has 0 spiro atoms. The Kier molecular flexibility index (Phi) is 5.96. The number of rotatable bonds is 5. The summed E-state index contributed by atoms with van der Waals surface area (Å²) in [7, 11) is 1.57. The Bertz CT molecular complexity index is 1470. The van der Waals surface area contributed by atoms with Gasteiger partial charge in [-0.25, -0.2) is 18.6 Å². The number of carbonyl (C=O) groups excluding carboxylic acids is 1. The number of ether oxygens (including phenoxy) is 1. The van der Waals surface area contributed by atoms with E-state index in [0.717, 1.165) is 58.9 Å². The number of nitrogens with zero attached hydrogens (tertiary/aromatic N) is 4. The van der Waals surface area contributed by atoms with Crippen molar-refractivity contribution in [1.82, 2.24) is 25.0 Å². The minimum atomic E-state index is -0.584. The van der Waals surface area contributed by atoms with Gasteiger partial charge in [0.25, 0.3) is 0 Å². The summed E-state index contributed by atoms with van der Waals surface area (Å²) in [4.78, 5) is 21.4. The van der Waals surface area contributed by atoms with Gasteiger partial charge in [-0.1, -0.05) is 6.07 Å². The van der Waals surface area contributed by atoms with Gasteiger partial charge in [0, 0.05) is 66.2 Å². The van der Waals surface area contributed by atoms with Crippen molar-refractivity contribution in [2.75, 3.05) is 25.5 Å². The molecule has 0 saturated carbocycles. The monoisotopic (exact) mass is 504 g/mol. The Balaban J connectivity index is 1.23. The Morgan fingerprint density at radius 1 is 1.16 bits per heavy atom. The maximum atomic E-state index is 14.2. The van der Waals surface area contributed by atoms with Crippen LogP contribution >= 0.6 is 0 Å². The molecule has 2 aromatic carbocycles. The Morgan fingerprint density at radius 2 is 2.05 bits per heavy atom. The number of halogens is 2.